The van der Waals surface area contributed by atoms with Crippen molar-refractivity contribution in [3.8, 4) is 0 Å². The fourth-order valence-electron chi connectivity index (χ4n) is 2.49. The Morgan fingerprint density at radius 1 is 1.47 bits per heavy atom. The largest absolute Gasteiger partial charge is 0.369 e. The van der Waals surface area contributed by atoms with Crippen LogP contribution < -0.4 is 0 Å². The summed E-state index contributed by atoms with van der Waals surface area (Å²) in [6.45, 7) is 12.5. The Morgan fingerprint density at radius 2 is 2.13 bits per heavy atom. The lowest BCUT2D eigenvalue weighted by molar-refractivity contribution is 0.324. The average molecular weight is 207 g/mol. The molecule has 0 N–H and O–H groups in total. The molecule has 0 radical (unpaired) electrons. The summed E-state index contributed by atoms with van der Waals surface area (Å²) in [6.07, 6.45) is 6.03. The molecule has 0 aliphatic carbocycles. The van der Waals surface area contributed by atoms with Crippen LogP contribution in [0.15, 0.2) is 22.9 Å². The summed E-state index contributed by atoms with van der Waals surface area (Å²) in [5.41, 5.74) is 4.68. The molecule has 1 fully saturated rings. The highest BCUT2D eigenvalue weighted by atomic mass is 15.2. The summed E-state index contributed by atoms with van der Waals surface area (Å²) in [5.74, 6) is 0. The first-order valence-electron chi connectivity index (χ1n) is 6.23. The van der Waals surface area contributed by atoms with Crippen LogP contribution in [0.3, 0.4) is 0 Å². The molecular formula is C14H25N. The van der Waals surface area contributed by atoms with Crippen molar-refractivity contribution < 1.29 is 0 Å². The van der Waals surface area contributed by atoms with Gasteiger partial charge in [0.05, 0.1) is 0 Å². The molecule has 1 nitrogen and oxygen atoms in total. The van der Waals surface area contributed by atoms with Gasteiger partial charge in [-0.3, -0.25) is 0 Å². The minimum absolute atomic E-state index is 0.628. The highest BCUT2D eigenvalue weighted by molar-refractivity contribution is 5.37. The number of nitrogens with zero attached hydrogens (tertiary/aromatic N) is 1. The first-order valence-corrected chi connectivity index (χ1v) is 6.23. The summed E-state index contributed by atoms with van der Waals surface area (Å²) < 4.78 is 0. The normalized spacial score (nSPS) is 23.1. The van der Waals surface area contributed by atoms with E-state index >= 15 is 0 Å². The van der Waals surface area contributed by atoms with Gasteiger partial charge in [0, 0.05) is 18.3 Å². The summed E-state index contributed by atoms with van der Waals surface area (Å²) in [6, 6.07) is 0.628. The third-order valence-electron chi connectivity index (χ3n) is 3.26. The van der Waals surface area contributed by atoms with Gasteiger partial charge in [-0.15, -0.1) is 0 Å². The number of likely N-dealkylation sites (tertiary alicyclic amines) is 1. The molecule has 1 rings (SSSR count). The van der Waals surface area contributed by atoms with Crippen molar-refractivity contribution in [2.75, 3.05) is 6.54 Å². The minimum atomic E-state index is 0.628. The monoisotopic (exact) mass is 207 g/mol. The fraction of sp³-hybridized carbons (Fsp3) is 0.714. The van der Waals surface area contributed by atoms with Crippen LogP contribution in [0.2, 0.25) is 0 Å². The molecule has 1 heterocycles. The van der Waals surface area contributed by atoms with Crippen LogP contribution in [-0.2, 0) is 0 Å². The van der Waals surface area contributed by atoms with E-state index in [-0.39, 0.29) is 0 Å². The van der Waals surface area contributed by atoms with Crippen LogP contribution in [0.4, 0.5) is 0 Å². The lowest BCUT2D eigenvalue weighted by Gasteiger charge is -2.25. The Bertz CT molecular complexity index is 271. The average Bonchev–Trinajstić information content (AvgIpc) is 2.61. The van der Waals surface area contributed by atoms with Crippen LogP contribution in [0.5, 0.6) is 0 Å². The molecule has 0 atom stereocenters. The maximum Gasteiger partial charge on any atom is 0.0357 e. The van der Waals surface area contributed by atoms with E-state index in [0.717, 1.165) is 0 Å². The number of hydrogen-bond donors (Lipinski definition) is 0. The molecule has 1 aliphatic heterocycles. The van der Waals surface area contributed by atoms with Gasteiger partial charge < -0.3 is 4.90 Å². The highest BCUT2D eigenvalue weighted by Gasteiger charge is 2.24. The van der Waals surface area contributed by atoms with Gasteiger partial charge in [0.1, 0.15) is 0 Å². The first kappa shape index (κ1) is 12.4. The van der Waals surface area contributed by atoms with Crippen LogP contribution >= 0.6 is 0 Å². The Hall–Kier alpha value is -0.720. The van der Waals surface area contributed by atoms with Gasteiger partial charge in [-0.2, -0.15) is 0 Å². The molecule has 0 spiro atoms. The predicted molar refractivity (Wildman–Crippen MR) is 67.8 cm³/mol. The van der Waals surface area contributed by atoms with E-state index in [1.807, 2.05) is 0 Å². The number of allylic oxidation sites excluding steroid dienone is 3. The third kappa shape index (κ3) is 2.64. The number of rotatable bonds is 3. The lowest BCUT2D eigenvalue weighted by Crippen LogP contribution is -2.25. The first-order chi connectivity index (χ1) is 7.11. The second-order valence-corrected chi connectivity index (χ2v) is 4.72. The van der Waals surface area contributed by atoms with Crippen molar-refractivity contribution in [1.82, 2.24) is 4.90 Å². The summed E-state index contributed by atoms with van der Waals surface area (Å²) in [7, 11) is 0. The lowest BCUT2D eigenvalue weighted by atomic mass is 10.0. The molecule has 15 heavy (non-hydrogen) atoms. The smallest absolute Gasteiger partial charge is 0.0357 e. The van der Waals surface area contributed by atoms with Gasteiger partial charge in [-0.1, -0.05) is 25.0 Å². The van der Waals surface area contributed by atoms with E-state index in [0.29, 0.717) is 6.04 Å². The van der Waals surface area contributed by atoms with Crippen molar-refractivity contribution in [2.24, 2.45) is 0 Å². The van der Waals surface area contributed by atoms with Crippen molar-refractivity contribution >= 4 is 0 Å². The molecule has 1 heteroatoms. The molecule has 86 valence electrons. The Labute approximate surface area is 94.9 Å². The van der Waals surface area contributed by atoms with Crippen molar-refractivity contribution in [2.45, 2.75) is 59.9 Å². The Balaban J connectivity index is 2.91. The highest BCUT2D eigenvalue weighted by Crippen LogP contribution is 2.32. The van der Waals surface area contributed by atoms with E-state index < -0.39 is 0 Å². The summed E-state index contributed by atoms with van der Waals surface area (Å²) in [5, 5.41) is 0. The summed E-state index contributed by atoms with van der Waals surface area (Å²) >= 11 is 0. The molecule has 1 saturated heterocycles. The quantitative estimate of drug-likeness (QED) is 0.673. The third-order valence-corrected chi connectivity index (χ3v) is 3.26. The Morgan fingerprint density at radius 3 is 2.60 bits per heavy atom. The maximum atomic E-state index is 2.52. The van der Waals surface area contributed by atoms with Crippen molar-refractivity contribution in [3.05, 3.63) is 22.9 Å². The number of hydrogen-bond acceptors (Lipinski definition) is 1. The van der Waals surface area contributed by atoms with E-state index in [9.17, 15) is 0 Å². The Kier molecular flexibility index (Phi) is 4.44. The molecule has 0 aromatic rings. The molecule has 0 saturated carbocycles. The molecule has 1 aliphatic rings. The van der Waals surface area contributed by atoms with E-state index in [4.69, 9.17) is 0 Å². The van der Waals surface area contributed by atoms with Gasteiger partial charge in [-0.05, 0) is 46.1 Å². The molecular weight excluding hydrogens is 182 g/mol. The zero-order chi connectivity index (χ0) is 11.4. The van der Waals surface area contributed by atoms with Crippen molar-refractivity contribution in [3.63, 3.8) is 0 Å². The maximum absolute atomic E-state index is 2.52. The van der Waals surface area contributed by atoms with Gasteiger partial charge >= 0.3 is 0 Å². The van der Waals surface area contributed by atoms with Crippen LogP contribution in [0.25, 0.3) is 0 Å². The second kappa shape index (κ2) is 5.39. The van der Waals surface area contributed by atoms with Crippen LogP contribution in [0, 0.1) is 0 Å². The van der Waals surface area contributed by atoms with Gasteiger partial charge in [0.2, 0.25) is 0 Å². The molecule has 0 aromatic carbocycles. The molecule has 0 bridgehead atoms. The molecule has 0 aromatic heterocycles. The molecule has 0 amide bonds. The zero-order valence-corrected chi connectivity index (χ0v) is 10.9. The van der Waals surface area contributed by atoms with Gasteiger partial charge in [0.15, 0.2) is 0 Å². The SMILES string of the molecule is CC=C1/C(=C(\C)CCC)CCN1C(C)C. The predicted octanol–water partition coefficient (Wildman–Crippen LogP) is 4.12. The van der Waals surface area contributed by atoms with E-state index in [2.05, 4.69) is 45.6 Å². The zero-order valence-electron chi connectivity index (χ0n) is 10.9. The standard InChI is InChI=1S/C14H25N/c1-6-8-12(5)13-9-10-15(11(3)4)14(13)7-2/h7,11H,6,8-10H2,1-5H3/b13-12+,14-7?. The minimum Gasteiger partial charge on any atom is -0.369 e. The van der Waals surface area contributed by atoms with Crippen LogP contribution in [-0.4, -0.2) is 17.5 Å². The molecule has 0 unspecified atom stereocenters. The van der Waals surface area contributed by atoms with Crippen molar-refractivity contribution in [1.29, 1.82) is 0 Å². The second-order valence-electron chi connectivity index (χ2n) is 4.72. The summed E-state index contributed by atoms with van der Waals surface area (Å²) in [4.78, 5) is 2.52. The van der Waals surface area contributed by atoms with Crippen LogP contribution in [0.1, 0.15) is 53.9 Å². The fourth-order valence-corrected chi connectivity index (χ4v) is 2.49. The topological polar surface area (TPSA) is 3.24 Å². The van der Waals surface area contributed by atoms with Gasteiger partial charge in [-0.25, -0.2) is 0 Å². The van der Waals surface area contributed by atoms with E-state index in [1.165, 1.54) is 31.5 Å². The van der Waals surface area contributed by atoms with Gasteiger partial charge in [0.25, 0.3) is 0 Å². The van der Waals surface area contributed by atoms with E-state index in [1.54, 1.807) is 11.1 Å².